The maximum atomic E-state index is 12.9. The van der Waals surface area contributed by atoms with Gasteiger partial charge >= 0.3 is 0 Å². The maximum Gasteiger partial charge on any atom is 0.257 e. The van der Waals surface area contributed by atoms with Crippen LogP contribution in [-0.4, -0.2) is 49.0 Å². The predicted octanol–water partition coefficient (Wildman–Crippen LogP) is 2.65. The lowest BCUT2D eigenvalue weighted by Gasteiger charge is -2.33. The molecule has 2 heterocycles. The SMILES string of the molecule is CN1CCN(c2ccc(C(=O)Nc3ccc(F)cc3)cn2)CC1.Cl. The summed E-state index contributed by atoms with van der Waals surface area (Å²) in [5.41, 5.74) is 1.03. The minimum Gasteiger partial charge on any atom is -0.354 e. The molecule has 128 valence electrons. The number of pyridine rings is 1. The number of benzene rings is 1. The Morgan fingerprint density at radius 3 is 2.33 bits per heavy atom. The van der Waals surface area contributed by atoms with Gasteiger partial charge in [-0.2, -0.15) is 0 Å². The van der Waals surface area contributed by atoms with Crippen LogP contribution in [0.1, 0.15) is 10.4 Å². The van der Waals surface area contributed by atoms with Crippen molar-refractivity contribution in [1.29, 1.82) is 0 Å². The summed E-state index contributed by atoms with van der Waals surface area (Å²) < 4.78 is 12.9. The molecular formula is C17H20ClFN4O. The van der Waals surface area contributed by atoms with E-state index in [4.69, 9.17) is 0 Å². The van der Waals surface area contributed by atoms with E-state index in [0.29, 0.717) is 11.3 Å². The highest BCUT2D eigenvalue weighted by atomic mass is 35.5. The van der Waals surface area contributed by atoms with Crippen LogP contribution in [0.2, 0.25) is 0 Å². The topological polar surface area (TPSA) is 48.5 Å². The molecule has 1 aliphatic rings. The largest absolute Gasteiger partial charge is 0.354 e. The molecule has 1 N–H and O–H groups in total. The number of carbonyl (C=O) groups excluding carboxylic acids is 1. The first-order chi connectivity index (χ1) is 11.1. The van der Waals surface area contributed by atoms with Crippen LogP contribution in [0.5, 0.6) is 0 Å². The van der Waals surface area contributed by atoms with Gasteiger partial charge in [-0.15, -0.1) is 12.4 Å². The van der Waals surface area contributed by atoms with E-state index in [-0.39, 0.29) is 24.1 Å². The van der Waals surface area contributed by atoms with Gasteiger partial charge in [0.05, 0.1) is 5.56 Å². The summed E-state index contributed by atoms with van der Waals surface area (Å²) in [6.45, 7) is 3.89. The van der Waals surface area contributed by atoms with Crippen LogP contribution in [0.25, 0.3) is 0 Å². The fourth-order valence-electron chi connectivity index (χ4n) is 2.48. The van der Waals surface area contributed by atoms with Crippen LogP contribution in [0.15, 0.2) is 42.6 Å². The third-order valence-electron chi connectivity index (χ3n) is 3.94. The third kappa shape index (κ3) is 4.43. The normalized spacial score (nSPS) is 14.8. The van der Waals surface area contributed by atoms with Crippen LogP contribution in [0, 0.1) is 5.82 Å². The second-order valence-electron chi connectivity index (χ2n) is 5.66. The molecule has 1 aromatic heterocycles. The number of rotatable bonds is 3. The van der Waals surface area contributed by atoms with Gasteiger partial charge in [0.1, 0.15) is 11.6 Å². The number of hydrogen-bond donors (Lipinski definition) is 1. The van der Waals surface area contributed by atoms with E-state index in [0.717, 1.165) is 32.0 Å². The van der Waals surface area contributed by atoms with Crippen LogP contribution in [0.4, 0.5) is 15.9 Å². The van der Waals surface area contributed by atoms with Gasteiger partial charge in [-0.1, -0.05) is 0 Å². The van der Waals surface area contributed by atoms with Crippen LogP contribution in [-0.2, 0) is 0 Å². The number of carbonyl (C=O) groups is 1. The standard InChI is InChI=1S/C17H19FN4O.ClH/c1-21-8-10-22(11-9-21)16-7-2-13(12-19-16)17(23)20-15-5-3-14(18)4-6-15;/h2-7,12H,8-11H2,1H3,(H,20,23);1H. The summed E-state index contributed by atoms with van der Waals surface area (Å²) in [5, 5.41) is 2.72. The van der Waals surface area contributed by atoms with Crippen LogP contribution >= 0.6 is 12.4 Å². The fourth-order valence-corrected chi connectivity index (χ4v) is 2.48. The molecule has 0 aliphatic carbocycles. The second kappa shape index (κ2) is 8.08. The van der Waals surface area contributed by atoms with Gasteiger partial charge in [-0.25, -0.2) is 9.37 Å². The molecule has 5 nitrogen and oxygen atoms in total. The molecule has 24 heavy (non-hydrogen) atoms. The molecule has 0 unspecified atom stereocenters. The van der Waals surface area contributed by atoms with Crippen molar-refractivity contribution >= 4 is 29.8 Å². The number of aromatic nitrogens is 1. The van der Waals surface area contributed by atoms with Crippen molar-refractivity contribution in [3.8, 4) is 0 Å². The molecule has 1 fully saturated rings. The van der Waals surface area contributed by atoms with Gasteiger partial charge in [0.25, 0.3) is 5.91 Å². The molecule has 1 saturated heterocycles. The number of nitrogens with one attached hydrogen (secondary N) is 1. The number of nitrogens with zero attached hydrogens (tertiary/aromatic N) is 3. The molecule has 1 aliphatic heterocycles. The van der Waals surface area contributed by atoms with E-state index < -0.39 is 0 Å². The molecule has 2 aromatic rings. The van der Waals surface area contributed by atoms with E-state index in [1.807, 2.05) is 6.07 Å². The summed E-state index contributed by atoms with van der Waals surface area (Å²) in [4.78, 5) is 21.0. The number of piperazine rings is 1. The Hall–Kier alpha value is -2.18. The molecule has 0 saturated carbocycles. The Bertz CT molecular complexity index is 670. The first kappa shape index (κ1) is 18.2. The Kier molecular flexibility index (Phi) is 6.11. The number of halogens is 2. The van der Waals surface area contributed by atoms with E-state index in [9.17, 15) is 9.18 Å². The van der Waals surface area contributed by atoms with Crippen molar-refractivity contribution in [2.45, 2.75) is 0 Å². The molecule has 7 heteroatoms. The first-order valence-corrected chi connectivity index (χ1v) is 7.58. The molecule has 0 spiro atoms. The Morgan fingerprint density at radius 1 is 1.08 bits per heavy atom. The summed E-state index contributed by atoms with van der Waals surface area (Å²) in [5.74, 6) is 0.298. The zero-order chi connectivity index (χ0) is 16.2. The minimum atomic E-state index is -0.332. The molecule has 3 rings (SSSR count). The van der Waals surface area contributed by atoms with Gasteiger partial charge in [-0.3, -0.25) is 4.79 Å². The van der Waals surface area contributed by atoms with Crippen LogP contribution < -0.4 is 10.2 Å². The molecule has 0 radical (unpaired) electrons. The fraction of sp³-hybridized carbons (Fsp3) is 0.294. The van der Waals surface area contributed by atoms with Gasteiger partial charge in [0, 0.05) is 38.1 Å². The summed E-state index contributed by atoms with van der Waals surface area (Å²) in [7, 11) is 2.10. The molecule has 0 bridgehead atoms. The minimum absolute atomic E-state index is 0. The highest BCUT2D eigenvalue weighted by Crippen LogP contribution is 2.15. The van der Waals surface area contributed by atoms with E-state index >= 15 is 0 Å². The lowest BCUT2D eigenvalue weighted by atomic mass is 10.2. The quantitative estimate of drug-likeness (QED) is 0.924. The number of anilines is 2. The lowest BCUT2D eigenvalue weighted by molar-refractivity contribution is 0.102. The lowest BCUT2D eigenvalue weighted by Crippen LogP contribution is -2.44. The molecule has 1 amide bonds. The monoisotopic (exact) mass is 350 g/mol. The Balaban J connectivity index is 0.00000208. The predicted molar refractivity (Wildman–Crippen MR) is 95.5 cm³/mol. The van der Waals surface area contributed by atoms with E-state index in [2.05, 4.69) is 27.1 Å². The maximum absolute atomic E-state index is 12.9. The average molecular weight is 351 g/mol. The average Bonchev–Trinajstić information content (AvgIpc) is 2.58. The summed E-state index contributed by atoms with van der Waals surface area (Å²) in [6.07, 6.45) is 1.58. The van der Waals surface area contributed by atoms with E-state index in [1.165, 1.54) is 24.3 Å². The Morgan fingerprint density at radius 2 is 1.75 bits per heavy atom. The number of likely N-dealkylation sites (N-methyl/N-ethyl adjacent to an activating group) is 1. The Labute approximate surface area is 146 Å². The highest BCUT2D eigenvalue weighted by Gasteiger charge is 2.15. The van der Waals surface area contributed by atoms with Crippen molar-refractivity contribution < 1.29 is 9.18 Å². The smallest absolute Gasteiger partial charge is 0.257 e. The van der Waals surface area contributed by atoms with Crippen molar-refractivity contribution in [1.82, 2.24) is 9.88 Å². The number of amides is 1. The first-order valence-electron chi connectivity index (χ1n) is 7.58. The molecule has 1 aromatic carbocycles. The zero-order valence-corrected chi connectivity index (χ0v) is 14.2. The third-order valence-corrected chi connectivity index (χ3v) is 3.94. The molecule has 0 atom stereocenters. The summed E-state index contributed by atoms with van der Waals surface area (Å²) in [6, 6.07) is 9.30. The van der Waals surface area contributed by atoms with Crippen molar-refractivity contribution in [2.24, 2.45) is 0 Å². The van der Waals surface area contributed by atoms with Crippen LogP contribution in [0.3, 0.4) is 0 Å². The van der Waals surface area contributed by atoms with Crippen molar-refractivity contribution in [2.75, 3.05) is 43.4 Å². The van der Waals surface area contributed by atoms with Crippen molar-refractivity contribution in [3.05, 3.63) is 54.0 Å². The second-order valence-corrected chi connectivity index (χ2v) is 5.66. The number of hydrogen-bond acceptors (Lipinski definition) is 4. The van der Waals surface area contributed by atoms with Gasteiger partial charge in [0.2, 0.25) is 0 Å². The van der Waals surface area contributed by atoms with Gasteiger partial charge < -0.3 is 15.1 Å². The van der Waals surface area contributed by atoms with Gasteiger partial charge in [0.15, 0.2) is 0 Å². The van der Waals surface area contributed by atoms with E-state index in [1.54, 1.807) is 12.3 Å². The zero-order valence-electron chi connectivity index (χ0n) is 13.4. The molecular weight excluding hydrogens is 331 g/mol. The highest BCUT2D eigenvalue weighted by molar-refractivity contribution is 6.04. The van der Waals surface area contributed by atoms with Gasteiger partial charge in [-0.05, 0) is 43.4 Å². The summed E-state index contributed by atoms with van der Waals surface area (Å²) >= 11 is 0. The van der Waals surface area contributed by atoms with Crippen molar-refractivity contribution in [3.63, 3.8) is 0 Å².